The molecule has 1 atom stereocenters. The summed E-state index contributed by atoms with van der Waals surface area (Å²) in [5, 5.41) is 11.6. The molecule has 1 saturated heterocycles. The topological polar surface area (TPSA) is 49.6 Å². The summed E-state index contributed by atoms with van der Waals surface area (Å²) in [4.78, 5) is 15.4. The summed E-state index contributed by atoms with van der Waals surface area (Å²) in [7, 11) is 2.16. The Labute approximate surface area is 134 Å². The van der Waals surface area contributed by atoms with Gasteiger partial charge in [-0.1, -0.05) is 22.9 Å². The van der Waals surface area contributed by atoms with Gasteiger partial charge in [0, 0.05) is 42.3 Å². The fourth-order valence-electron chi connectivity index (χ4n) is 2.98. The summed E-state index contributed by atoms with van der Waals surface area (Å²) >= 11 is 3.47. The van der Waals surface area contributed by atoms with Gasteiger partial charge in [0.05, 0.1) is 4.92 Å². The zero-order valence-corrected chi connectivity index (χ0v) is 14.2. The van der Waals surface area contributed by atoms with Gasteiger partial charge >= 0.3 is 0 Å². The quantitative estimate of drug-likeness (QED) is 0.471. The first kappa shape index (κ1) is 16.2. The third kappa shape index (κ3) is 3.74. The molecule has 1 heterocycles. The lowest BCUT2D eigenvalue weighted by Crippen LogP contribution is -2.40. The van der Waals surface area contributed by atoms with E-state index in [4.69, 9.17) is 0 Å². The van der Waals surface area contributed by atoms with E-state index in [9.17, 15) is 10.1 Å². The summed E-state index contributed by atoms with van der Waals surface area (Å²) in [6.07, 6.45) is 2.19. The number of alkyl halides is 1. The Hall–Kier alpha value is -1.14. The fourth-order valence-corrected chi connectivity index (χ4v) is 3.43. The highest BCUT2D eigenvalue weighted by Gasteiger charge is 2.24. The van der Waals surface area contributed by atoms with E-state index >= 15 is 0 Å². The predicted molar refractivity (Wildman–Crippen MR) is 89.3 cm³/mol. The second-order valence-corrected chi connectivity index (χ2v) is 6.14. The van der Waals surface area contributed by atoms with E-state index in [0.29, 0.717) is 11.4 Å². The highest BCUT2D eigenvalue weighted by atomic mass is 79.9. The Morgan fingerprint density at radius 3 is 2.81 bits per heavy atom. The summed E-state index contributed by atoms with van der Waals surface area (Å²) in [6.45, 7) is 5.34. The van der Waals surface area contributed by atoms with Crippen LogP contribution in [0.2, 0.25) is 0 Å². The van der Waals surface area contributed by atoms with Crippen LogP contribution < -0.4 is 4.90 Å². The Balaban J connectivity index is 2.36. The van der Waals surface area contributed by atoms with Crippen molar-refractivity contribution in [3.8, 4) is 0 Å². The van der Waals surface area contributed by atoms with Crippen LogP contribution in [0.15, 0.2) is 18.2 Å². The summed E-state index contributed by atoms with van der Waals surface area (Å²) in [5.41, 5.74) is 2.28. The number of nitro groups is 1. The molecule has 1 aliphatic heterocycles. The zero-order chi connectivity index (χ0) is 15.4. The van der Waals surface area contributed by atoms with Gasteiger partial charge in [-0.05, 0) is 38.1 Å². The van der Waals surface area contributed by atoms with E-state index in [1.807, 2.05) is 6.07 Å². The van der Waals surface area contributed by atoms with Gasteiger partial charge in [-0.3, -0.25) is 10.1 Å². The van der Waals surface area contributed by atoms with Gasteiger partial charge in [0.15, 0.2) is 0 Å². The van der Waals surface area contributed by atoms with E-state index in [1.165, 1.54) is 0 Å². The van der Waals surface area contributed by atoms with Crippen molar-refractivity contribution in [1.29, 1.82) is 0 Å². The average Bonchev–Trinajstić information content (AvgIpc) is 2.67. The first-order valence-electron chi connectivity index (χ1n) is 7.35. The van der Waals surface area contributed by atoms with Gasteiger partial charge in [-0.25, -0.2) is 0 Å². The summed E-state index contributed by atoms with van der Waals surface area (Å²) < 4.78 is 0. The molecule has 0 N–H and O–H groups in total. The Morgan fingerprint density at radius 1 is 1.43 bits per heavy atom. The molecule has 21 heavy (non-hydrogen) atoms. The number of hydrogen-bond donors (Lipinski definition) is 0. The minimum absolute atomic E-state index is 0.160. The highest BCUT2D eigenvalue weighted by Crippen LogP contribution is 2.30. The molecule has 0 aromatic heterocycles. The molecule has 116 valence electrons. The van der Waals surface area contributed by atoms with Gasteiger partial charge in [0.25, 0.3) is 5.69 Å². The normalized spacial score (nSPS) is 20.3. The third-order valence-electron chi connectivity index (χ3n) is 4.10. The van der Waals surface area contributed by atoms with Crippen LogP contribution >= 0.6 is 15.9 Å². The molecular weight excluding hydrogens is 334 g/mol. The van der Waals surface area contributed by atoms with Crippen LogP contribution in [0.3, 0.4) is 0 Å². The minimum Gasteiger partial charge on any atom is -0.367 e. The Kier molecular flexibility index (Phi) is 5.58. The predicted octanol–water partition coefficient (Wildman–Crippen LogP) is 3.41. The van der Waals surface area contributed by atoms with Crippen molar-refractivity contribution in [1.82, 2.24) is 4.90 Å². The van der Waals surface area contributed by atoms with Crippen LogP contribution in [0.25, 0.3) is 0 Å². The maximum Gasteiger partial charge on any atom is 0.269 e. The lowest BCUT2D eigenvalue weighted by Gasteiger charge is -2.33. The SMILES string of the molecule is CCC1CN(C)CCCN1c1ccc([N+](=O)[O-])cc1CBr. The number of rotatable bonds is 4. The number of non-ortho nitro benzene ring substituents is 1. The standard InChI is InChI=1S/C15H22BrN3O2/c1-3-13-11-17(2)7-4-8-18(13)15-6-5-14(19(20)21)9-12(15)10-16/h5-6,9,13H,3-4,7-8,10-11H2,1-2H3. The van der Waals surface area contributed by atoms with Gasteiger partial charge in [-0.15, -0.1) is 0 Å². The Morgan fingerprint density at radius 2 is 2.19 bits per heavy atom. The van der Waals surface area contributed by atoms with Crippen molar-refractivity contribution in [2.45, 2.75) is 31.1 Å². The van der Waals surface area contributed by atoms with Gasteiger partial charge in [-0.2, -0.15) is 0 Å². The number of nitrogens with zero attached hydrogens (tertiary/aromatic N) is 3. The maximum absolute atomic E-state index is 10.9. The third-order valence-corrected chi connectivity index (χ3v) is 4.70. The second kappa shape index (κ2) is 7.22. The molecule has 6 heteroatoms. The number of hydrogen-bond acceptors (Lipinski definition) is 4. The molecule has 0 spiro atoms. The summed E-state index contributed by atoms with van der Waals surface area (Å²) in [5.74, 6) is 0. The molecule has 0 radical (unpaired) electrons. The molecular formula is C15H22BrN3O2. The van der Waals surface area contributed by atoms with Gasteiger partial charge in [0.1, 0.15) is 0 Å². The van der Waals surface area contributed by atoms with Crippen LogP contribution in [0.1, 0.15) is 25.3 Å². The summed E-state index contributed by atoms with van der Waals surface area (Å²) in [6, 6.07) is 5.66. The van der Waals surface area contributed by atoms with Crippen LogP contribution in [0.4, 0.5) is 11.4 Å². The van der Waals surface area contributed by atoms with Crippen LogP contribution in [0.5, 0.6) is 0 Å². The molecule has 2 rings (SSSR count). The first-order valence-corrected chi connectivity index (χ1v) is 8.47. The lowest BCUT2D eigenvalue weighted by molar-refractivity contribution is -0.384. The van der Waals surface area contributed by atoms with E-state index in [2.05, 4.69) is 39.7 Å². The van der Waals surface area contributed by atoms with Gasteiger partial charge < -0.3 is 9.80 Å². The molecule has 1 aromatic carbocycles. The molecule has 0 amide bonds. The van der Waals surface area contributed by atoms with Crippen LogP contribution in [-0.2, 0) is 5.33 Å². The number of likely N-dealkylation sites (N-methyl/N-ethyl adjacent to an activating group) is 1. The van der Waals surface area contributed by atoms with E-state index in [-0.39, 0.29) is 10.6 Å². The molecule has 1 aliphatic rings. The largest absolute Gasteiger partial charge is 0.367 e. The monoisotopic (exact) mass is 355 g/mol. The number of halogens is 1. The van der Waals surface area contributed by atoms with E-state index < -0.39 is 0 Å². The maximum atomic E-state index is 10.9. The molecule has 1 unspecified atom stereocenters. The fraction of sp³-hybridized carbons (Fsp3) is 0.600. The molecule has 5 nitrogen and oxygen atoms in total. The number of anilines is 1. The Bertz CT molecular complexity index is 510. The molecule has 0 bridgehead atoms. The van der Waals surface area contributed by atoms with Crippen LogP contribution in [0, 0.1) is 10.1 Å². The van der Waals surface area contributed by atoms with Crippen LogP contribution in [-0.4, -0.2) is 42.5 Å². The lowest BCUT2D eigenvalue weighted by atomic mass is 10.1. The van der Waals surface area contributed by atoms with Crippen molar-refractivity contribution in [3.63, 3.8) is 0 Å². The molecule has 1 fully saturated rings. The number of benzene rings is 1. The van der Waals surface area contributed by atoms with Gasteiger partial charge in [0.2, 0.25) is 0 Å². The molecule has 0 aliphatic carbocycles. The first-order chi connectivity index (χ1) is 10.1. The highest BCUT2D eigenvalue weighted by molar-refractivity contribution is 9.08. The van der Waals surface area contributed by atoms with E-state index in [1.54, 1.807) is 12.1 Å². The minimum atomic E-state index is -0.330. The molecule has 1 aromatic rings. The zero-order valence-electron chi connectivity index (χ0n) is 12.6. The molecule has 0 saturated carbocycles. The second-order valence-electron chi connectivity index (χ2n) is 5.58. The van der Waals surface area contributed by atoms with Crippen molar-refractivity contribution in [2.75, 3.05) is 31.6 Å². The smallest absolute Gasteiger partial charge is 0.269 e. The van der Waals surface area contributed by atoms with E-state index in [0.717, 1.165) is 43.7 Å². The van der Waals surface area contributed by atoms with Crippen molar-refractivity contribution < 1.29 is 4.92 Å². The number of nitro benzene ring substituents is 1. The average molecular weight is 356 g/mol. The van der Waals surface area contributed by atoms with Crippen molar-refractivity contribution in [3.05, 3.63) is 33.9 Å². The van der Waals surface area contributed by atoms with Crippen molar-refractivity contribution >= 4 is 27.3 Å². The van der Waals surface area contributed by atoms with Crippen molar-refractivity contribution in [2.24, 2.45) is 0 Å².